The molecule has 2 N–H and O–H groups in total. The summed E-state index contributed by atoms with van der Waals surface area (Å²) in [5, 5.41) is 6.58. The zero-order valence-corrected chi connectivity index (χ0v) is 17.6. The maximum atomic E-state index is 12.1. The summed E-state index contributed by atoms with van der Waals surface area (Å²) in [7, 11) is 3.53. The summed E-state index contributed by atoms with van der Waals surface area (Å²) >= 11 is 0. The minimum atomic E-state index is 0.0187. The van der Waals surface area contributed by atoms with Crippen LogP contribution >= 0.6 is 0 Å². The van der Waals surface area contributed by atoms with Gasteiger partial charge in [-0.1, -0.05) is 42.5 Å². The zero-order valence-electron chi connectivity index (χ0n) is 17.6. The second-order valence-electron chi connectivity index (χ2n) is 6.88. The Morgan fingerprint density at radius 2 is 1.79 bits per heavy atom. The van der Waals surface area contributed by atoms with Crippen LogP contribution in [-0.4, -0.2) is 57.1 Å². The van der Waals surface area contributed by atoms with Gasteiger partial charge in [0.05, 0.1) is 19.8 Å². The van der Waals surface area contributed by atoms with Gasteiger partial charge in [-0.15, -0.1) is 0 Å². The van der Waals surface area contributed by atoms with E-state index in [1.165, 1.54) is 0 Å². The molecule has 0 aliphatic rings. The number of benzene rings is 2. The van der Waals surface area contributed by atoms with Crippen LogP contribution in [-0.2, 0) is 17.8 Å². The van der Waals surface area contributed by atoms with Crippen molar-refractivity contribution in [1.82, 2.24) is 15.5 Å². The zero-order chi connectivity index (χ0) is 20.9. The molecule has 0 aliphatic heterocycles. The van der Waals surface area contributed by atoms with Gasteiger partial charge in [-0.25, -0.2) is 0 Å². The fourth-order valence-electron chi connectivity index (χ4n) is 2.77. The van der Waals surface area contributed by atoms with Crippen molar-refractivity contribution in [2.24, 2.45) is 4.99 Å². The minimum Gasteiger partial charge on any atom is -0.375 e. The van der Waals surface area contributed by atoms with Crippen LogP contribution in [0.15, 0.2) is 59.6 Å². The molecule has 0 radical (unpaired) electrons. The van der Waals surface area contributed by atoms with Crippen LogP contribution in [0.2, 0.25) is 0 Å². The molecule has 6 nitrogen and oxygen atoms in total. The first-order chi connectivity index (χ1) is 14.1. The fourth-order valence-corrected chi connectivity index (χ4v) is 2.77. The molecule has 0 spiro atoms. The van der Waals surface area contributed by atoms with Crippen molar-refractivity contribution in [3.63, 3.8) is 0 Å². The molecule has 156 valence electrons. The number of amides is 1. The molecular weight excluding hydrogens is 364 g/mol. The molecule has 2 rings (SSSR count). The molecule has 0 heterocycles. The van der Waals surface area contributed by atoms with E-state index in [0.29, 0.717) is 25.3 Å². The van der Waals surface area contributed by atoms with Crippen molar-refractivity contribution in [3.8, 4) is 0 Å². The first-order valence-corrected chi connectivity index (χ1v) is 10.0. The molecule has 0 aliphatic carbocycles. The van der Waals surface area contributed by atoms with Crippen molar-refractivity contribution in [2.75, 3.05) is 40.3 Å². The van der Waals surface area contributed by atoms with Crippen molar-refractivity contribution in [1.29, 1.82) is 0 Å². The molecule has 0 fully saturated rings. The highest BCUT2D eigenvalue weighted by atomic mass is 16.5. The lowest BCUT2D eigenvalue weighted by atomic mass is 10.1. The largest absolute Gasteiger partial charge is 0.375 e. The Bertz CT molecular complexity index is 775. The number of guanidine groups is 1. The molecule has 29 heavy (non-hydrogen) atoms. The lowest BCUT2D eigenvalue weighted by Gasteiger charge is -2.13. The van der Waals surface area contributed by atoms with Gasteiger partial charge >= 0.3 is 0 Å². The molecule has 0 unspecified atom stereocenters. The van der Waals surface area contributed by atoms with Crippen LogP contribution in [0, 0.1) is 0 Å². The van der Waals surface area contributed by atoms with Crippen LogP contribution in [0.1, 0.15) is 28.4 Å². The van der Waals surface area contributed by atoms with Gasteiger partial charge in [-0.2, -0.15) is 0 Å². The third-order valence-electron chi connectivity index (χ3n) is 4.25. The molecule has 0 atom stereocenters. The Labute approximate surface area is 174 Å². The second-order valence-corrected chi connectivity index (χ2v) is 6.88. The van der Waals surface area contributed by atoms with Gasteiger partial charge in [0, 0.05) is 32.7 Å². The van der Waals surface area contributed by atoms with E-state index in [1.54, 1.807) is 19.0 Å². The average Bonchev–Trinajstić information content (AvgIpc) is 2.73. The van der Waals surface area contributed by atoms with Crippen molar-refractivity contribution in [2.45, 2.75) is 20.0 Å². The molecule has 2 aromatic carbocycles. The van der Waals surface area contributed by atoms with Crippen LogP contribution in [0.5, 0.6) is 0 Å². The summed E-state index contributed by atoms with van der Waals surface area (Å²) in [6, 6.07) is 17.9. The highest BCUT2D eigenvalue weighted by Crippen LogP contribution is 2.07. The Morgan fingerprint density at radius 3 is 2.52 bits per heavy atom. The van der Waals surface area contributed by atoms with Gasteiger partial charge in [-0.3, -0.25) is 9.79 Å². The summed E-state index contributed by atoms with van der Waals surface area (Å²) in [4.78, 5) is 18.2. The van der Waals surface area contributed by atoms with Crippen molar-refractivity contribution in [3.05, 3.63) is 71.3 Å². The van der Waals surface area contributed by atoms with Gasteiger partial charge in [0.15, 0.2) is 5.96 Å². The Hall–Kier alpha value is -2.86. The van der Waals surface area contributed by atoms with E-state index in [4.69, 9.17) is 4.74 Å². The smallest absolute Gasteiger partial charge is 0.253 e. The maximum absolute atomic E-state index is 12.1. The molecular formula is C23H32N4O2. The highest BCUT2D eigenvalue weighted by Gasteiger charge is 2.08. The number of rotatable bonds is 10. The summed E-state index contributed by atoms with van der Waals surface area (Å²) in [6.07, 6.45) is 0.809. The van der Waals surface area contributed by atoms with E-state index in [-0.39, 0.29) is 5.91 Å². The van der Waals surface area contributed by atoms with E-state index in [1.807, 2.05) is 49.4 Å². The maximum Gasteiger partial charge on any atom is 0.253 e. The molecule has 0 aromatic heterocycles. The lowest BCUT2D eigenvalue weighted by molar-refractivity contribution is 0.0827. The molecule has 0 saturated carbocycles. The standard InChI is InChI=1S/C23H32N4O2/c1-4-24-23(26-15-16-29-18-20-9-6-5-7-10-20)25-14-13-19-11-8-12-21(17-19)22(28)27(2)3/h5-12,17H,4,13-16,18H2,1-3H3,(H2,24,25,26). The fraction of sp³-hybridized carbons (Fsp3) is 0.391. The van der Waals surface area contributed by atoms with E-state index in [2.05, 4.69) is 27.8 Å². The predicted molar refractivity (Wildman–Crippen MR) is 118 cm³/mol. The Morgan fingerprint density at radius 1 is 1.03 bits per heavy atom. The van der Waals surface area contributed by atoms with Gasteiger partial charge in [0.2, 0.25) is 0 Å². The van der Waals surface area contributed by atoms with Crippen LogP contribution in [0.25, 0.3) is 0 Å². The summed E-state index contributed by atoms with van der Waals surface area (Å²) in [6.45, 7) is 5.33. The number of nitrogens with one attached hydrogen (secondary N) is 2. The normalized spacial score (nSPS) is 11.2. The topological polar surface area (TPSA) is 66.0 Å². The summed E-state index contributed by atoms with van der Waals surface area (Å²) < 4.78 is 5.68. The van der Waals surface area contributed by atoms with Gasteiger partial charge < -0.3 is 20.3 Å². The quantitative estimate of drug-likeness (QED) is 0.368. The molecule has 2 aromatic rings. The van der Waals surface area contributed by atoms with Crippen molar-refractivity contribution >= 4 is 11.9 Å². The third-order valence-corrected chi connectivity index (χ3v) is 4.25. The van der Waals surface area contributed by atoms with Crippen LogP contribution in [0.4, 0.5) is 0 Å². The number of carbonyl (C=O) groups is 1. The molecule has 0 bridgehead atoms. The van der Waals surface area contributed by atoms with Gasteiger partial charge in [-0.05, 0) is 36.6 Å². The SMILES string of the molecule is CCNC(=NCCOCc1ccccc1)NCCc1cccc(C(=O)N(C)C)c1. The Balaban J connectivity index is 1.76. The lowest BCUT2D eigenvalue weighted by Crippen LogP contribution is -2.38. The third kappa shape index (κ3) is 8.35. The minimum absolute atomic E-state index is 0.0187. The predicted octanol–water partition coefficient (Wildman–Crippen LogP) is 2.70. The van der Waals surface area contributed by atoms with Crippen molar-refractivity contribution < 1.29 is 9.53 Å². The van der Waals surface area contributed by atoms with Gasteiger partial charge in [0.25, 0.3) is 5.91 Å². The number of carbonyl (C=O) groups excluding carboxylic acids is 1. The number of nitrogens with zero attached hydrogens (tertiary/aromatic N) is 2. The number of hydrogen-bond acceptors (Lipinski definition) is 3. The summed E-state index contributed by atoms with van der Waals surface area (Å²) in [5.41, 5.74) is 2.99. The highest BCUT2D eigenvalue weighted by molar-refractivity contribution is 5.94. The van der Waals surface area contributed by atoms with E-state index >= 15 is 0 Å². The van der Waals surface area contributed by atoms with E-state index in [9.17, 15) is 4.79 Å². The first kappa shape index (κ1) is 22.4. The van der Waals surface area contributed by atoms with E-state index < -0.39 is 0 Å². The monoisotopic (exact) mass is 396 g/mol. The Kier molecular flexibility index (Phi) is 9.72. The molecule has 1 amide bonds. The van der Waals surface area contributed by atoms with Gasteiger partial charge in [0.1, 0.15) is 0 Å². The average molecular weight is 397 g/mol. The second kappa shape index (κ2) is 12.6. The molecule has 0 saturated heterocycles. The summed E-state index contributed by atoms with van der Waals surface area (Å²) in [5.74, 6) is 0.793. The first-order valence-electron chi connectivity index (χ1n) is 10.0. The van der Waals surface area contributed by atoms with Crippen LogP contribution < -0.4 is 10.6 Å². The van der Waals surface area contributed by atoms with Crippen LogP contribution in [0.3, 0.4) is 0 Å². The molecule has 6 heteroatoms. The van der Waals surface area contributed by atoms with E-state index in [0.717, 1.165) is 36.6 Å². The number of aliphatic imine (C=N–C) groups is 1. The number of hydrogen-bond donors (Lipinski definition) is 2. The number of ether oxygens (including phenoxy) is 1.